The van der Waals surface area contributed by atoms with Crippen LogP contribution in [0.15, 0.2) is 93.9 Å². The number of anilines is 3. The van der Waals surface area contributed by atoms with Crippen molar-refractivity contribution in [2.24, 2.45) is 29.1 Å². The Morgan fingerprint density at radius 2 is 1.58 bits per heavy atom. The average molecular weight is 1330 g/mol. The molecule has 514 valence electrons. The summed E-state index contributed by atoms with van der Waals surface area (Å²) < 4.78 is 30.4. The molecule has 2 aliphatic carbocycles. The summed E-state index contributed by atoms with van der Waals surface area (Å²) in [4.78, 5) is 140. The van der Waals surface area contributed by atoms with Crippen molar-refractivity contribution in [3.05, 3.63) is 112 Å². The minimum absolute atomic E-state index is 0.00220. The molecule has 0 spiro atoms. The minimum Gasteiger partial charge on any atom is -0.507 e. The van der Waals surface area contributed by atoms with Gasteiger partial charge in [0.05, 0.1) is 23.8 Å². The van der Waals surface area contributed by atoms with E-state index in [-0.39, 0.29) is 122 Å². The van der Waals surface area contributed by atoms with E-state index in [1.165, 1.54) is 50.2 Å². The zero-order chi connectivity index (χ0) is 69.6. The van der Waals surface area contributed by atoms with Gasteiger partial charge < -0.3 is 65.1 Å². The highest BCUT2D eigenvalue weighted by Gasteiger charge is 2.52. The van der Waals surface area contributed by atoms with E-state index in [0.29, 0.717) is 101 Å². The number of piperidine rings is 1. The second-order valence-corrected chi connectivity index (χ2v) is 26.5. The molecule has 0 unspecified atom stereocenters. The second-order valence-electron chi connectivity index (χ2n) is 26.5. The predicted molar refractivity (Wildman–Crippen MR) is 359 cm³/mol. The molecule has 7 aliphatic rings. The highest BCUT2D eigenvalue weighted by Crippen LogP contribution is 2.51. The predicted octanol–water partition coefficient (Wildman–Crippen LogP) is 9.42. The van der Waals surface area contributed by atoms with Crippen LogP contribution in [0.5, 0.6) is 17.2 Å². The number of hydrogen-bond acceptors (Lipinski definition) is 19. The number of carbonyl (C=O) groups is 9. The number of aromatic hydroxyl groups is 2. The van der Waals surface area contributed by atoms with Crippen LogP contribution >= 0.6 is 0 Å². The Labute approximate surface area is 560 Å². The number of hydrogen-bond donors (Lipinski definition) is 7. The number of carbonyl (C=O) groups excluding carboxylic acids is 9. The molecule has 5 aliphatic heterocycles. The monoisotopic (exact) mass is 1330 g/mol. The quantitative estimate of drug-likeness (QED) is 0.0121. The number of allylic oxidation sites excluding steroid dienone is 4. The van der Waals surface area contributed by atoms with E-state index in [2.05, 4.69) is 47.4 Å². The van der Waals surface area contributed by atoms with Gasteiger partial charge in [-0.1, -0.05) is 64.5 Å². The Morgan fingerprint density at radius 3 is 2.27 bits per heavy atom. The standard InChI is InChI=1S/C72H84N8O17/c1-39-15-12-16-42(4)67(89)78-60-62(87)56-55(57-64(44(6)61(56)86)97-71(8,66(57)88)94-32-13-17-41(3)63(95-45(7)81)43(5)34-40(2)33-39)59-65(60)96-51-36-49(35-50(82)58(51)77-59)79-30-24-48(25-31-79)76-70(92)93-38-46-18-20-47(21-19-46)75-52(83)37-74-69(91)72(26-14-27-72)68(90)73-28-10-9-11-29-80-53(84)22-23-54(80)85/h12-13,15-16,18-23,32,35-36,39-41,43,48,63,82,86H,9-11,14,17,24-31,33-34,37-38H2,1-8H3,(H,73,90)(H,74,91)(H,75,83)(H,76,92)(H,78,89)/b15-12+,32-13+,42-16-/t39-,40+,41+,43+,63+,71-/m0/s1. The van der Waals surface area contributed by atoms with Gasteiger partial charge in [0.1, 0.15) is 52.3 Å². The van der Waals surface area contributed by atoms with E-state index in [1.807, 2.05) is 17.9 Å². The molecule has 5 heterocycles. The summed E-state index contributed by atoms with van der Waals surface area (Å²) >= 11 is 0. The molecule has 25 heteroatoms. The number of nitrogens with one attached hydrogen (secondary N) is 5. The molecule has 0 radical (unpaired) electrons. The van der Waals surface area contributed by atoms with Crippen molar-refractivity contribution < 1.29 is 76.7 Å². The highest BCUT2D eigenvalue weighted by molar-refractivity contribution is 6.22. The second kappa shape index (κ2) is 29.5. The van der Waals surface area contributed by atoms with Gasteiger partial charge in [0.15, 0.2) is 11.3 Å². The van der Waals surface area contributed by atoms with Gasteiger partial charge in [-0.2, -0.15) is 0 Å². The number of phenols is 2. The number of Topliss-reactive ketones (excluding diaryl/α,β-unsaturated/α-hetero) is 1. The number of imide groups is 1. The lowest BCUT2D eigenvalue weighted by molar-refractivity contribution is -0.152. The van der Waals surface area contributed by atoms with Crippen LogP contribution < -0.4 is 41.6 Å². The number of ether oxygens (including phenoxy) is 4. The molecule has 25 nitrogen and oxygen atoms in total. The molecule has 1 saturated heterocycles. The summed E-state index contributed by atoms with van der Waals surface area (Å²) in [6, 6.07) is 9.43. The molecule has 7 amide bonds. The lowest BCUT2D eigenvalue weighted by atomic mass is 9.67. The number of amides is 7. The first-order valence-electron chi connectivity index (χ1n) is 33.2. The van der Waals surface area contributed by atoms with Crippen LogP contribution in [0.4, 0.5) is 21.9 Å². The SMILES string of the molecule is CC(=O)O[C@@H]1[C@H](C)C/C=C/O[C@@]2(C)Oc3c(C)c(O)c4c(=O)c(c5oc6cc(N7CCC(NC(=O)OCc8ccc(NC(=O)CNC(=O)C9(C(=O)NCCCCCN%10C(=O)C=CC%10=O)CCC9)cc8)CC7)cc(O)c6nc-5c4c3C2=O)NC(=O)/C(C)=C\C=C\[C@H](C)C[C@@H](C)C[C@H]1C. The van der Waals surface area contributed by atoms with E-state index in [1.54, 1.807) is 55.5 Å². The van der Waals surface area contributed by atoms with Crippen molar-refractivity contribution in [3.63, 3.8) is 0 Å². The molecule has 97 heavy (non-hydrogen) atoms. The van der Waals surface area contributed by atoms with Gasteiger partial charge in [0, 0.05) is 98.3 Å². The maximum absolute atomic E-state index is 15.0. The molecule has 1 saturated carbocycles. The van der Waals surface area contributed by atoms with Gasteiger partial charge in [-0.15, -0.1) is 0 Å². The van der Waals surface area contributed by atoms with Crippen LogP contribution in [0.1, 0.15) is 141 Å². The Morgan fingerprint density at radius 1 is 0.866 bits per heavy atom. The first kappa shape index (κ1) is 69.8. The number of rotatable bonds is 16. The van der Waals surface area contributed by atoms with E-state index >= 15 is 4.79 Å². The van der Waals surface area contributed by atoms with Gasteiger partial charge in [0.2, 0.25) is 23.2 Å². The molecule has 2 fully saturated rings. The van der Waals surface area contributed by atoms with Gasteiger partial charge in [-0.3, -0.25) is 48.1 Å². The fourth-order valence-electron chi connectivity index (χ4n) is 13.5. The highest BCUT2D eigenvalue weighted by atomic mass is 16.7. The fourth-order valence-corrected chi connectivity index (χ4v) is 13.5. The molecular formula is C72H84N8O17. The first-order chi connectivity index (χ1) is 46.2. The number of phenolic OH excluding ortho intramolecular Hbond substituents is 2. The van der Waals surface area contributed by atoms with Crippen molar-refractivity contribution in [2.75, 3.05) is 48.3 Å². The van der Waals surface area contributed by atoms with Crippen LogP contribution in [-0.2, 0) is 54.4 Å². The molecule has 3 aromatic carbocycles. The van der Waals surface area contributed by atoms with Gasteiger partial charge >= 0.3 is 17.8 Å². The topological polar surface area (TPSA) is 341 Å². The van der Waals surface area contributed by atoms with Crippen LogP contribution in [0.3, 0.4) is 0 Å². The first-order valence-corrected chi connectivity index (χ1v) is 33.2. The summed E-state index contributed by atoms with van der Waals surface area (Å²) in [5, 5.41) is 37.1. The molecule has 3 aromatic rings. The number of ketones is 1. The van der Waals surface area contributed by atoms with Gasteiger partial charge in [-0.05, 0) is 125 Å². The summed E-state index contributed by atoms with van der Waals surface area (Å²) in [5.41, 5.74) is -1.06. The van der Waals surface area contributed by atoms with Crippen LogP contribution in [-0.4, -0.2) is 124 Å². The van der Waals surface area contributed by atoms with Crippen molar-refractivity contribution in [3.8, 4) is 28.7 Å². The number of nitrogens with zero attached hydrogens (tertiary/aromatic N) is 3. The van der Waals surface area contributed by atoms with Gasteiger partial charge in [0.25, 0.3) is 23.5 Å². The largest absolute Gasteiger partial charge is 0.507 e. The van der Waals surface area contributed by atoms with E-state index in [0.717, 1.165) is 12.8 Å². The summed E-state index contributed by atoms with van der Waals surface area (Å²) in [6.07, 6.45) is 16.0. The minimum atomic E-state index is -2.01. The Balaban J connectivity index is 0.783. The number of unbranched alkanes of at least 4 members (excludes halogenated alkanes) is 2. The van der Waals surface area contributed by atoms with E-state index < -0.39 is 70.0 Å². The molecule has 10 rings (SSSR count). The average Bonchev–Trinajstić information content (AvgIpc) is 1.67. The molecular weight excluding hydrogens is 1250 g/mol. The van der Waals surface area contributed by atoms with Crippen molar-refractivity contribution in [1.29, 1.82) is 0 Å². The summed E-state index contributed by atoms with van der Waals surface area (Å²) in [5.74, 6) is -6.95. The van der Waals surface area contributed by atoms with Crippen LogP contribution in [0.25, 0.3) is 33.3 Å². The number of esters is 1. The molecule has 4 bridgehead atoms. The Kier molecular flexibility index (Phi) is 21.2. The lowest BCUT2D eigenvalue weighted by Crippen LogP contribution is -2.56. The summed E-state index contributed by atoms with van der Waals surface area (Å²) in [7, 11) is 0. The zero-order valence-electron chi connectivity index (χ0n) is 55.9. The van der Waals surface area contributed by atoms with E-state index in [4.69, 9.17) is 28.3 Å². The lowest BCUT2D eigenvalue weighted by Gasteiger charge is -2.38. The van der Waals surface area contributed by atoms with Crippen molar-refractivity contribution >= 4 is 92.2 Å². The third-order valence-corrected chi connectivity index (χ3v) is 19.0. The third kappa shape index (κ3) is 15.3. The van der Waals surface area contributed by atoms with E-state index in [9.17, 15) is 53.4 Å². The molecule has 0 aromatic heterocycles. The third-order valence-electron chi connectivity index (χ3n) is 19.0. The maximum Gasteiger partial charge on any atom is 0.407 e. The number of aromatic nitrogens is 1. The zero-order valence-corrected chi connectivity index (χ0v) is 55.9. The van der Waals surface area contributed by atoms with Gasteiger partial charge in [-0.25, -0.2) is 9.78 Å². The maximum atomic E-state index is 15.0. The number of fused-ring (bicyclic) bond motifs is 2. The molecule has 7 N–H and O–H groups in total. The molecule has 6 atom stereocenters. The van der Waals surface area contributed by atoms with Crippen molar-refractivity contribution in [2.45, 2.75) is 151 Å². The smallest absolute Gasteiger partial charge is 0.407 e. The number of alkyl carbamates (subject to hydrolysis) is 1. The normalized spacial score (nSPS) is 23.4. The Bertz CT molecular complexity index is 4090. The van der Waals surface area contributed by atoms with Crippen LogP contribution in [0.2, 0.25) is 0 Å². The van der Waals surface area contributed by atoms with Crippen molar-refractivity contribution in [1.82, 2.24) is 25.8 Å². The Hall–Kier alpha value is -10.1. The van der Waals surface area contributed by atoms with Crippen LogP contribution in [0, 0.1) is 36.0 Å². The number of benzene rings is 4. The summed E-state index contributed by atoms with van der Waals surface area (Å²) in [6.45, 7) is 15.1. The fraction of sp³-hybridized carbons (Fsp3) is 0.458.